The molecule has 0 radical (unpaired) electrons. The monoisotopic (exact) mass is 392 g/mol. The summed E-state index contributed by atoms with van der Waals surface area (Å²) in [4.78, 5) is 17.5. The highest BCUT2D eigenvalue weighted by Crippen LogP contribution is 2.40. The number of nitrogens with zero attached hydrogens (tertiary/aromatic N) is 2. The second-order valence-electron chi connectivity index (χ2n) is 7.09. The Morgan fingerprint density at radius 1 is 1.00 bits per heavy atom. The van der Waals surface area contributed by atoms with Crippen molar-refractivity contribution < 1.29 is 27.4 Å². The van der Waals surface area contributed by atoms with Crippen LogP contribution in [0.1, 0.15) is 36.0 Å². The molecule has 8 heteroatoms. The van der Waals surface area contributed by atoms with Crippen LogP contribution in [0.4, 0.5) is 19.0 Å². The molecule has 2 unspecified atom stereocenters. The normalized spacial score (nSPS) is 24.1. The van der Waals surface area contributed by atoms with E-state index in [0.29, 0.717) is 23.4 Å². The van der Waals surface area contributed by atoms with Crippen molar-refractivity contribution in [2.45, 2.75) is 50.2 Å². The van der Waals surface area contributed by atoms with Crippen LogP contribution < -0.4 is 14.4 Å². The first-order chi connectivity index (χ1) is 13.4. The number of ether oxygens (including phenoxy) is 2. The standard InChI is InChI=1S/C20H19F3N2O3/c21-20(22,23)28-17-6-4-16(5-7-17)27-18-9-14-2-3-15(10-18)25(14)19-8-1-13(12-26)11-24-19/h1,4-8,11-12,14-15,18H,2-3,9-10H2. The number of carbonyl (C=O) groups excluding carboxylic acids is 1. The fraction of sp³-hybridized carbons (Fsp3) is 0.400. The van der Waals surface area contributed by atoms with E-state index in [4.69, 9.17) is 4.74 Å². The molecule has 0 amide bonds. The summed E-state index contributed by atoms with van der Waals surface area (Å²) in [7, 11) is 0. The molecule has 2 aliphatic heterocycles. The number of pyridine rings is 1. The highest BCUT2D eigenvalue weighted by atomic mass is 19.4. The molecule has 5 nitrogen and oxygen atoms in total. The molecular weight excluding hydrogens is 373 g/mol. The van der Waals surface area contributed by atoms with Crippen LogP contribution in [0.2, 0.25) is 0 Å². The van der Waals surface area contributed by atoms with Crippen LogP contribution in [-0.2, 0) is 0 Å². The molecule has 0 aliphatic carbocycles. The fourth-order valence-corrected chi connectivity index (χ4v) is 4.13. The number of rotatable bonds is 5. The first-order valence-corrected chi connectivity index (χ1v) is 9.13. The van der Waals surface area contributed by atoms with Crippen LogP contribution in [0.5, 0.6) is 11.5 Å². The maximum atomic E-state index is 12.2. The molecule has 2 saturated heterocycles. The minimum atomic E-state index is -4.70. The number of alkyl halides is 3. The molecule has 4 rings (SSSR count). The average molecular weight is 392 g/mol. The maximum absolute atomic E-state index is 12.2. The van der Waals surface area contributed by atoms with E-state index < -0.39 is 6.36 Å². The predicted octanol–water partition coefficient (Wildman–Crippen LogP) is 4.37. The van der Waals surface area contributed by atoms with Gasteiger partial charge in [-0.1, -0.05) is 0 Å². The average Bonchev–Trinajstić information content (AvgIpc) is 2.93. The molecule has 2 aliphatic rings. The second-order valence-corrected chi connectivity index (χ2v) is 7.09. The topological polar surface area (TPSA) is 51.7 Å². The molecule has 28 heavy (non-hydrogen) atoms. The molecule has 1 aromatic heterocycles. The third-order valence-electron chi connectivity index (χ3n) is 5.22. The predicted molar refractivity (Wildman–Crippen MR) is 95.7 cm³/mol. The van der Waals surface area contributed by atoms with Gasteiger partial charge >= 0.3 is 6.36 Å². The van der Waals surface area contributed by atoms with Gasteiger partial charge in [0, 0.05) is 36.7 Å². The van der Waals surface area contributed by atoms with Crippen molar-refractivity contribution in [3.8, 4) is 11.5 Å². The Hall–Kier alpha value is -2.77. The number of halogens is 3. The molecule has 148 valence electrons. The van der Waals surface area contributed by atoms with Gasteiger partial charge in [0.05, 0.1) is 0 Å². The SMILES string of the molecule is O=Cc1ccc(N2C3CCC2CC(Oc2ccc(OC(F)(F)F)cc2)C3)nc1. The number of hydrogen-bond donors (Lipinski definition) is 0. The van der Waals surface area contributed by atoms with Crippen molar-refractivity contribution in [1.82, 2.24) is 4.98 Å². The lowest BCUT2D eigenvalue weighted by molar-refractivity contribution is -0.274. The summed E-state index contributed by atoms with van der Waals surface area (Å²) in [5.41, 5.74) is 0.548. The van der Waals surface area contributed by atoms with E-state index in [0.717, 1.165) is 37.8 Å². The Kier molecular flexibility index (Phi) is 4.87. The van der Waals surface area contributed by atoms with Gasteiger partial charge < -0.3 is 14.4 Å². The van der Waals surface area contributed by atoms with E-state index in [2.05, 4.69) is 14.6 Å². The molecule has 0 spiro atoms. The largest absolute Gasteiger partial charge is 0.573 e. The van der Waals surface area contributed by atoms with Gasteiger partial charge in [-0.25, -0.2) is 4.98 Å². The van der Waals surface area contributed by atoms with E-state index >= 15 is 0 Å². The number of benzene rings is 1. The van der Waals surface area contributed by atoms with Crippen LogP contribution in [0, 0.1) is 0 Å². The Morgan fingerprint density at radius 3 is 2.18 bits per heavy atom. The number of aromatic nitrogens is 1. The number of anilines is 1. The Bertz CT molecular complexity index is 810. The van der Waals surface area contributed by atoms with Crippen molar-refractivity contribution in [1.29, 1.82) is 0 Å². The first-order valence-electron chi connectivity index (χ1n) is 9.13. The lowest BCUT2D eigenvalue weighted by atomic mass is 9.99. The van der Waals surface area contributed by atoms with Gasteiger partial charge in [-0.05, 0) is 49.2 Å². The van der Waals surface area contributed by atoms with Crippen molar-refractivity contribution in [3.05, 3.63) is 48.2 Å². The minimum Gasteiger partial charge on any atom is -0.490 e. The Morgan fingerprint density at radius 2 is 1.64 bits per heavy atom. The number of carbonyl (C=O) groups is 1. The third-order valence-corrected chi connectivity index (χ3v) is 5.22. The molecule has 2 bridgehead atoms. The fourth-order valence-electron chi connectivity index (χ4n) is 4.13. The number of fused-ring (bicyclic) bond motifs is 2. The van der Waals surface area contributed by atoms with Crippen LogP contribution in [-0.4, -0.2) is 35.8 Å². The highest BCUT2D eigenvalue weighted by molar-refractivity contribution is 5.74. The van der Waals surface area contributed by atoms with Crippen LogP contribution in [0.25, 0.3) is 0 Å². The van der Waals surface area contributed by atoms with Gasteiger partial charge in [-0.15, -0.1) is 13.2 Å². The van der Waals surface area contributed by atoms with E-state index in [-0.39, 0.29) is 11.9 Å². The highest BCUT2D eigenvalue weighted by Gasteiger charge is 2.42. The van der Waals surface area contributed by atoms with E-state index in [9.17, 15) is 18.0 Å². The Labute approximate surface area is 160 Å². The summed E-state index contributed by atoms with van der Waals surface area (Å²) in [5.74, 6) is 1.13. The lowest BCUT2D eigenvalue weighted by Crippen LogP contribution is -2.46. The van der Waals surface area contributed by atoms with Crippen molar-refractivity contribution >= 4 is 12.1 Å². The molecule has 2 atom stereocenters. The number of hydrogen-bond acceptors (Lipinski definition) is 5. The summed E-state index contributed by atoms with van der Waals surface area (Å²) in [6, 6.07) is 9.73. The summed E-state index contributed by atoms with van der Waals surface area (Å²) in [6.07, 6.45) is 1.36. The van der Waals surface area contributed by atoms with Crippen molar-refractivity contribution in [3.63, 3.8) is 0 Å². The molecule has 0 N–H and O–H groups in total. The van der Waals surface area contributed by atoms with Crippen LogP contribution >= 0.6 is 0 Å². The number of aldehydes is 1. The van der Waals surface area contributed by atoms with Gasteiger partial charge in [0.25, 0.3) is 0 Å². The molecule has 1 aromatic carbocycles. The first kappa shape index (κ1) is 18.6. The Balaban J connectivity index is 1.39. The van der Waals surface area contributed by atoms with Gasteiger partial charge in [0.15, 0.2) is 6.29 Å². The summed E-state index contributed by atoms with van der Waals surface area (Å²) in [5, 5.41) is 0. The molecule has 3 heterocycles. The van der Waals surface area contributed by atoms with Crippen LogP contribution in [0.15, 0.2) is 42.6 Å². The summed E-state index contributed by atoms with van der Waals surface area (Å²) in [6.45, 7) is 0. The number of piperidine rings is 1. The van der Waals surface area contributed by atoms with Crippen LogP contribution in [0.3, 0.4) is 0 Å². The minimum absolute atomic E-state index is 0.00242. The third kappa shape index (κ3) is 4.05. The van der Waals surface area contributed by atoms with Crippen molar-refractivity contribution in [2.24, 2.45) is 0 Å². The quantitative estimate of drug-likeness (QED) is 0.708. The van der Waals surface area contributed by atoms with Gasteiger partial charge in [0.2, 0.25) is 0 Å². The van der Waals surface area contributed by atoms with E-state index in [1.165, 1.54) is 24.3 Å². The summed E-state index contributed by atoms with van der Waals surface area (Å²) >= 11 is 0. The maximum Gasteiger partial charge on any atom is 0.573 e. The van der Waals surface area contributed by atoms with E-state index in [1.807, 2.05) is 6.07 Å². The van der Waals surface area contributed by atoms with Crippen molar-refractivity contribution in [2.75, 3.05) is 4.90 Å². The van der Waals surface area contributed by atoms with Gasteiger partial charge in [-0.3, -0.25) is 4.79 Å². The van der Waals surface area contributed by atoms with E-state index in [1.54, 1.807) is 12.3 Å². The second kappa shape index (κ2) is 7.33. The lowest BCUT2D eigenvalue weighted by Gasteiger charge is -2.39. The molecule has 2 fully saturated rings. The zero-order valence-electron chi connectivity index (χ0n) is 14.9. The zero-order valence-corrected chi connectivity index (χ0v) is 14.9. The van der Waals surface area contributed by atoms with Gasteiger partial charge in [0.1, 0.15) is 23.4 Å². The van der Waals surface area contributed by atoms with Gasteiger partial charge in [-0.2, -0.15) is 0 Å². The molecule has 2 aromatic rings. The molecule has 0 saturated carbocycles. The smallest absolute Gasteiger partial charge is 0.490 e. The summed E-state index contributed by atoms with van der Waals surface area (Å²) < 4.78 is 46.6. The zero-order chi connectivity index (χ0) is 19.7. The molecular formula is C20H19F3N2O3.